The van der Waals surface area contributed by atoms with Gasteiger partial charge in [-0.05, 0) is 19.4 Å². The van der Waals surface area contributed by atoms with E-state index in [0.717, 1.165) is 43.4 Å². The van der Waals surface area contributed by atoms with Gasteiger partial charge in [-0.25, -0.2) is 0 Å². The summed E-state index contributed by atoms with van der Waals surface area (Å²) in [5.74, 6) is 2.52. The van der Waals surface area contributed by atoms with E-state index in [0.29, 0.717) is 0 Å². The molecular weight excluding hydrogens is 206 g/mol. The first-order chi connectivity index (χ1) is 6.33. The van der Waals surface area contributed by atoms with Gasteiger partial charge in [0.25, 0.3) is 0 Å². The summed E-state index contributed by atoms with van der Waals surface area (Å²) in [5, 5.41) is 0. The zero-order valence-electron chi connectivity index (χ0n) is 8.01. The van der Waals surface area contributed by atoms with Gasteiger partial charge in [-0.2, -0.15) is 0 Å². The molecule has 1 aliphatic heterocycles. The fraction of sp³-hybridized carbons (Fsp3) is 1.00. The molecule has 0 aromatic carbocycles. The van der Waals surface area contributed by atoms with Crippen LogP contribution < -0.4 is 0 Å². The highest BCUT2D eigenvalue weighted by atomic mass is 35.5. The van der Waals surface area contributed by atoms with Crippen molar-refractivity contribution in [2.45, 2.75) is 19.3 Å². The fourth-order valence-electron chi connectivity index (χ4n) is 1.51. The van der Waals surface area contributed by atoms with Gasteiger partial charge in [-0.15, -0.1) is 11.6 Å². The third-order valence-corrected chi connectivity index (χ3v) is 3.92. The maximum absolute atomic E-state index is 11.1. The zero-order chi connectivity index (χ0) is 9.52. The molecule has 78 valence electrons. The molecular formula is C9H18ClNOS. The highest BCUT2D eigenvalue weighted by Crippen LogP contribution is 2.04. The monoisotopic (exact) mass is 223 g/mol. The van der Waals surface area contributed by atoms with Crippen molar-refractivity contribution in [3.05, 3.63) is 0 Å². The van der Waals surface area contributed by atoms with Crippen LogP contribution in [0.4, 0.5) is 0 Å². The number of hydrogen-bond acceptors (Lipinski definition) is 2. The molecule has 1 rings (SSSR count). The molecule has 1 fully saturated rings. The first kappa shape index (κ1) is 11.5. The lowest BCUT2D eigenvalue weighted by Crippen LogP contribution is -2.38. The van der Waals surface area contributed by atoms with Crippen molar-refractivity contribution in [2.75, 3.05) is 37.0 Å². The van der Waals surface area contributed by atoms with Crippen molar-refractivity contribution < 1.29 is 4.21 Å². The Morgan fingerprint density at radius 3 is 2.46 bits per heavy atom. The molecule has 0 bridgehead atoms. The van der Waals surface area contributed by atoms with Crippen LogP contribution in [0.25, 0.3) is 0 Å². The Hall–Kier alpha value is 0.400. The van der Waals surface area contributed by atoms with E-state index in [1.807, 2.05) is 0 Å². The van der Waals surface area contributed by atoms with Gasteiger partial charge in [0.2, 0.25) is 0 Å². The summed E-state index contributed by atoms with van der Waals surface area (Å²) >= 11 is 5.59. The minimum absolute atomic E-state index is 0.533. The van der Waals surface area contributed by atoms with E-state index in [1.165, 1.54) is 12.8 Å². The number of unbranched alkanes of at least 4 members (excludes halogenated alkanes) is 2. The average molecular weight is 224 g/mol. The Labute approximate surface area is 88.1 Å². The minimum atomic E-state index is -0.533. The molecule has 0 amide bonds. The first-order valence-corrected chi connectivity index (χ1v) is 6.98. The van der Waals surface area contributed by atoms with Crippen LogP contribution in [-0.2, 0) is 10.8 Å². The molecule has 0 aromatic rings. The molecule has 13 heavy (non-hydrogen) atoms. The van der Waals surface area contributed by atoms with E-state index in [-0.39, 0.29) is 0 Å². The SMILES string of the molecule is O=S1CCN(CCCCCCl)CC1. The van der Waals surface area contributed by atoms with Gasteiger partial charge in [0.15, 0.2) is 0 Å². The van der Waals surface area contributed by atoms with Gasteiger partial charge in [0.05, 0.1) is 0 Å². The zero-order valence-corrected chi connectivity index (χ0v) is 9.58. The molecule has 2 nitrogen and oxygen atoms in total. The summed E-state index contributed by atoms with van der Waals surface area (Å²) in [4.78, 5) is 2.41. The summed E-state index contributed by atoms with van der Waals surface area (Å²) in [7, 11) is -0.533. The molecule has 0 saturated carbocycles. The first-order valence-electron chi connectivity index (χ1n) is 4.96. The van der Waals surface area contributed by atoms with Gasteiger partial charge in [-0.1, -0.05) is 6.42 Å². The van der Waals surface area contributed by atoms with Crippen LogP contribution in [0.5, 0.6) is 0 Å². The van der Waals surface area contributed by atoms with Crippen LogP contribution in [0, 0.1) is 0 Å². The fourth-order valence-corrected chi connectivity index (χ4v) is 2.82. The lowest BCUT2D eigenvalue weighted by atomic mass is 10.2. The van der Waals surface area contributed by atoms with E-state index in [1.54, 1.807) is 0 Å². The quantitative estimate of drug-likeness (QED) is 0.520. The van der Waals surface area contributed by atoms with Crippen molar-refractivity contribution >= 4 is 22.4 Å². The molecule has 0 unspecified atom stereocenters. The standard InChI is InChI=1S/C9H18ClNOS/c10-4-2-1-3-5-11-6-8-13(12)9-7-11/h1-9H2. The lowest BCUT2D eigenvalue weighted by molar-refractivity contribution is 0.292. The third-order valence-electron chi connectivity index (χ3n) is 2.38. The Balaban J connectivity index is 1.99. The summed E-state index contributed by atoms with van der Waals surface area (Å²) in [6.07, 6.45) is 3.59. The maximum atomic E-state index is 11.1. The third kappa shape index (κ3) is 4.99. The number of hydrogen-bond donors (Lipinski definition) is 0. The lowest BCUT2D eigenvalue weighted by Gasteiger charge is -2.25. The summed E-state index contributed by atoms with van der Waals surface area (Å²) < 4.78 is 11.1. The van der Waals surface area contributed by atoms with Crippen LogP contribution in [0.15, 0.2) is 0 Å². The highest BCUT2D eigenvalue weighted by Gasteiger charge is 2.13. The molecule has 0 spiro atoms. The molecule has 1 saturated heterocycles. The van der Waals surface area contributed by atoms with Crippen molar-refractivity contribution in [1.29, 1.82) is 0 Å². The van der Waals surface area contributed by atoms with Gasteiger partial charge < -0.3 is 4.90 Å². The van der Waals surface area contributed by atoms with Crippen LogP contribution in [0.2, 0.25) is 0 Å². The number of alkyl halides is 1. The van der Waals surface area contributed by atoms with Crippen LogP contribution >= 0.6 is 11.6 Å². The molecule has 1 heterocycles. The Morgan fingerprint density at radius 2 is 1.85 bits per heavy atom. The number of rotatable bonds is 5. The van der Waals surface area contributed by atoms with Crippen molar-refractivity contribution in [3.63, 3.8) is 0 Å². The molecule has 0 aliphatic carbocycles. The van der Waals surface area contributed by atoms with Crippen molar-refractivity contribution in [1.82, 2.24) is 4.90 Å². The predicted octanol–water partition coefficient (Wildman–Crippen LogP) is 1.46. The van der Waals surface area contributed by atoms with Crippen LogP contribution in [-0.4, -0.2) is 46.1 Å². The van der Waals surface area contributed by atoms with E-state index < -0.39 is 10.8 Å². The second-order valence-corrected chi connectivity index (χ2v) is 5.51. The van der Waals surface area contributed by atoms with Gasteiger partial charge in [0, 0.05) is 41.3 Å². The summed E-state index contributed by atoms with van der Waals surface area (Å²) in [6, 6.07) is 0. The normalized spacial score (nSPS) is 20.7. The largest absolute Gasteiger partial charge is 0.302 e. The van der Waals surface area contributed by atoms with Gasteiger partial charge in [-0.3, -0.25) is 4.21 Å². The molecule has 0 N–H and O–H groups in total. The van der Waals surface area contributed by atoms with E-state index in [4.69, 9.17) is 11.6 Å². The maximum Gasteiger partial charge on any atom is 0.0363 e. The minimum Gasteiger partial charge on any atom is -0.302 e. The van der Waals surface area contributed by atoms with Crippen molar-refractivity contribution in [3.8, 4) is 0 Å². The van der Waals surface area contributed by atoms with E-state index >= 15 is 0 Å². The smallest absolute Gasteiger partial charge is 0.0363 e. The molecule has 0 radical (unpaired) electrons. The highest BCUT2D eigenvalue weighted by molar-refractivity contribution is 7.85. The molecule has 0 atom stereocenters. The molecule has 1 aliphatic rings. The summed E-state index contributed by atoms with van der Waals surface area (Å²) in [5.41, 5.74) is 0. The Morgan fingerprint density at radius 1 is 1.15 bits per heavy atom. The molecule has 4 heteroatoms. The van der Waals surface area contributed by atoms with E-state index in [2.05, 4.69) is 4.90 Å². The Kier molecular flexibility index (Phi) is 6.00. The van der Waals surface area contributed by atoms with Gasteiger partial charge in [0.1, 0.15) is 0 Å². The second-order valence-electron chi connectivity index (χ2n) is 3.44. The van der Waals surface area contributed by atoms with Crippen LogP contribution in [0.3, 0.4) is 0 Å². The topological polar surface area (TPSA) is 20.3 Å². The predicted molar refractivity (Wildman–Crippen MR) is 58.9 cm³/mol. The van der Waals surface area contributed by atoms with Crippen molar-refractivity contribution in [2.24, 2.45) is 0 Å². The average Bonchev–Trinajstić information content (AvgIpc) is 2.15. The number of nitrogens with zero attached hydrogens (tertiary/aromatic N) is 1. The Bertz CT molecular complexity index is 156. The van der Waals surface area contributed by atoms with Gasteiger partial charge >= 0.3 is 0 Å². The number of halogens is 1. The molecule has 0 aromatic heterocycles. The second kappa shape index (κ2) is 6.80. The van der Waals surface area contributed by atoms with Crippen LogP contribution in [0.1, 0.15) is 19.3 Å². The van der Waals surface area contributed by atoms with E-state index in [9.17, 15) is 4.21 Å². The summed E-state index contributed by atoms with van der Waals surface area (Å²) in [6.45, 7) is 3.20.